The number of benzene rings is 2. The van der Waals surface area contributed by atoms with Gasteiger partial charge in [-0.25, -0.2) is 4.79 Å². The second kappa shape index (κ2) is 8.09. The van der Waals surface area contributed by atoms with Gasteiger partial charge in [0.1, 0.15) is 11.5 Å². The Labute approximate surface area is 166 Å². The van der Waals surface area contributed by atoms with Crippen molar-refractivity contribution in [1.82, 2.24) is 0 Å². The number of phenolic OH excluding ortho intramolecular Hbond substituents is 1. The fraction of sp³-hybridized carbons (Fsp3) is 0.375. The van der Waals surface area contributed by atoms with Crippen LogP contribution in [0.5, 0.6) is 11.5 Å². The predicted octanol–water partition coefficient (Wildman–Crippen LogP) is 5.50. The van der Waals surface area contributed by atoms with Crippen molar-refractivity contribution in [3.05, 3.63) is 65.2 Å². The molecule has 2 aromatic rings. The number of hydrogen-bond acceptors (Lipinski definition) is 3. The number of rotatable bonds is 5. The second-order valence-corrected chi connectivity index (χ2v) is 8.59. The summed E-state index contributed by atoms with van der Waals surface area (Å²) in [6.07, 6.45) is 3.29. The molecule has 0 radical (unpaired) electrons. The molecule has 1 fully saturated rings. The molecule has 1 saturated carbocycles. The van der Waals surface area contributed by atoms with Gasteiger partial charge in [0.15, 0.2) is 6.61 Å². The summed E-state index contributed by atoms with van der Waals surface area (Å²) in [5, 5.41) is 18.5. The van der Waals surface area contributed by atoms with E-state index in [4.69, 9.17) is 9.84 Å². The van der Waals surface area contributed by atoms with Crippen LogP contribution in [0.2, 0.25) is 0 Å². The zero-order valence-corrected chi connectivity index (χ0v) is 16.7. The first-order chi connectivity index (χ1) is 13.2. The molecule has 28 heavy (non-hydrogen) atoms. The summed E-state index contributed by atoms with van der Waals surface area (Å²) in [7, 11) is 0. The van der Waals surface area contributed by atoms with Crippen molar-refractivity contribution in [2.75, 3.05) is 6.61 Å². The minimum absolute atomic E-state index is 0.250. The molecule has 1 unspecified atom stereocenters. The first-order valence-corrected chi connectivity index (χ1v) is 9.70. The van der Waals surface area contributed by atoms with Crippen LogP contribution in [0.4, 0.5) is 0 Å². The summed E-state index contributed by atoms with van der Waals surface area (Å²) in [5.41, 5.74) is 5.03. The summed E-state index contributed by atoms with van der Waals surface area (Å²) < 4.78 is 5.27. The maximum absolute atomic E-state index is 10.7. The third kappa shape index (κ3) is 4.94. The molecular weight excluding hydrogens is 352 g/mol. The maximum atomic E-state index is 10.7. The van der Waals surface area contributed by atoms with Crippen molar-refractivity contribution in [1.29, 1.82) is 0 Å². The molecule has 1 aliphatic rings. The van der Waals surface area contributed by atoms with E-state index in [0.29, 0.717) is 11.7 Å². The number of phenols is 1. The number of hydrogen-bond donors (Lipinski definition) is 2. The van der Waals surface area contributed by atoms with Gasteiger partial charge in [-0.2, -0.15) is 0 Å². The van der Waals surface area contributed by atoms with Crippen molar-refractivity contribution >= 4 is 11.5 Å². The van der Waals surface area contributed by atoms with Gasteiger partial charge in [-0.15, -0.1) is 0 Å². The van der Waals surface area contributed by atoms with E-state index in [0.717, 1.165) is 24.0 Å². The third-order valence-corrected chi connectivity index (χ3v) is 5.20. The lowest BCUT2D eigenvalue weighted by Gasteiger charge is -2.37. The number of carboxylic acids is 1. The minimum Gasteiger partial charge on any atom is -0.508 e. The van der Waals surface area contributed by atoms with E-state index in [1.54, 1.807) is 12.1 Å². The zero-order chi connectivity index (χ0) is 20.3. The Balaban J connectivity index is 2.03. The standard InChI is InChI=1S/C24H28O4/c1-16-12-19(14-24(2,3)13-16)23(17-4-8-20(25)9-5-17)18-6-10-21(11-7-18)28-15-22(26)27/h4-11,16,25H,12-15H2,1-3H3,(H,26,27)/b23-19+. The van der Waals surface area contributed by atoms with Gasteiger partial charge in [-0.3, -0.25) is 0 Å². The van der Waals surface area contributed by atoms with Crippen LogP contribution >= 0.6 is 0 Å². The number of carbonyl (C=O) groups is 1. The lowest BCUT2D eigenvalue weighted by molar-refractivity contribution is -0.139. The highest BCUT2D eigenvalue weighted by molar-refractivity contribution is 5.82. The number of ether oxygens (including phenoxy) is 1. The summed E-state index contributed by atoms with van der Waals surface area (Å²) in [5.74, 6) is 0.417. The summed E-state index contributed by atoms with van der Waals surface area (Å²) in [4.78, 5) is 10.7. The minimum atomic E-state index is -0.991. The van der Waals surface area contributed by atoms with Gasteiger partial charge < -0.3 is 14.9 Å². The molecule has 2 N–H and O–H groups in total. The predicted molar refractivity (Wildman–Crippen MR) is 110 cm³/mol. The lowest BCUT2D eigenvalue weighted by atomic mass is 9.68. The molecule has 148 valence electrons. The number of carboxylic acid groups (broad SMARTS) is 1. The van der Waals surface area contributed by atoms with Gasteiger partial charge in [-0.1, -0.05) is 50.6 Å². The van der Waals surface area contributed by atoms with Crippen molar-refractivity contribution in [2.24, 2.45) is 11.3 Å². The SMILES string of the molecule is CC1C/C(=C(/c2ccc(O)cc2)c2ccc(OCC(=O)O)cc2)CC(C)(C)C1. The van der Waals surface area contributed by atoms with Gasteiger partial charge >= 0.3 is 5.97 Å². The molecule has 1 atom stereocenters. The fourth-order valence-electron chi connectivity index (χ4n) is 4.41. The molecule has 0 spiro atoms. The Morgan fingerprint density at radius 1 is 1.07 bits per heavy atom. The lowest BCUT2D eigenvalue weighted by Crippen LogP contribution is -2.23. The Morgan fingerprint density at radius 2 is 1.64 bits per heavy atom. The van der Waals surface area contributed by atoms with E-state index in [1.807, 2.05) is 36.4 Å². The average molecular weight is 380 g/mol. The van der Waals surface area contributed by atoms with E-state index in [1.165, 1.54) is 17.6 Å². The van der Waals surface area contributed by atoms with Gasteiger partial charge in [0.2, 0.25) is 0 Å². The quantitative estimate of drug-likeness (QED) is 0.718. The first-order valence-electron chi connectivity index (χ1n) is 9.70. The summed E-state index contributed by atoms with van der Waals surface area (Å²) in [6.45, 7) is 6.59. The van der Waals surface area contributed by atoms with Crippen LogP contribution in [0.25, 0.3) is 5.57 Å². The molecule has 4 heteroatoms. The fourth-order valence-corrected chi connectivity index (χ4v) is 4.41. The maximum Gasteiger partial charge on any atom is 0.341 e. The van der Waals surface area contributed by atoms with Crippen molar-refractivity contribution in [3.8, 4) is 11.5 Å². The number of aliphatic carboxylic acids is 1. The molecule has 0 aromatic heterocycles. The normalized spacial score (nSPS) is 20.5. The highest BCUT2D eigenvalue weighted by Gasteiger charge is 2.30. The summed E-state index contributed by atoms with van der Waals surface area (Å²) >= 11 is 0. The third-order valence-electron chi connectivity index (χ3n) is 5.20. The van der Waals surface area contributed by atoms with E-state index in [9.17, 15) is 9.90 Å². The van der Waals surface area contributed by atoms with Gasteiger partial charge in [0.05, 0.1) is 0 Å². The first kappa shape index (κ1) is 20.0. The molecule has 1 aliphatic carbocycles. The van der Waals surface area contributed by atoms with Crippen LogP contribution in [-0.4, -0.2) is 22.8 Å². The monoisotopic (exact) mass is 380 g/mol. The second-order valence-electron chi connectivity index (χ2n) is 8.59. The van der Waals surface area contributed by atoms with Crippen LogP contribution in [0, 0.1) is 11.3 Å². The van der Waals surface area contributed by atoms with E-state index in [-0.39, 0.29) is 17.8 Å². The molecule has 0 bridgehead atoms. The van der Waals surface area contributed by atoms with Crippen LogP contribution in [-0.2, 0) is 4.79 Å². The molecule has 0 heterocycles. The van der Waals surface area contributed by atoms with Gasteiger partial charge in [0, 0.05) is 0 Å². The molecule has 4 nitrogen and oxygen atoms in total. The molecule has 0 aliphatic heterocycles. The van der Waals surface area contributed by atoms with Gasteiger partial charge in [-0.05, 0) is 71.6 Å². The average Bonchev–Trinajstić information content (AvgIpc) is 2.61. The molecule has 2 aromatic carbocycles. The van der Waals surface area contributed by atoms with Crippen LogP contribution in [0.15, 0.2) is 54.1 Å². The smallest absolute Gasteiger partial charge is 0.341 e. The topological polar surface area (TPSA) is 66.8 Å². The largest absolute Gasteiger partial charge is 0.508 e. The highest BCUT2D eigenvalue weighted by Crippen LogP contribution is 2.45. The van der Waals surface area contributed by atoms with E-state index >= 15 is 0 Å². The Kier molecular flexibility index (Phi) is 5.78. The zero-order valence-electron chi connectivity index (χ0n) is 16.7. The highest BCUT2D eigenvalue weighted by atomic mass is 16.5. The van der Waals surface area contributed by atoms with Crippen LogP contribution in [0.3, 0.4) is 0 Å². The number of aromatic hydroxyl groups is 1. The molecule has 3 rings (SSSR count). The molecule has 0 saturated heterocycles. The van der Waals surface area contributed by atoms with E-state index < -0.39 is 5.97 Å². The van der Waals surface area contributed by atoms with Crippen molar-refractivity contribution in [3.63, 3.8) is 0 Å². The Bertz CT molecular complexity index is 860. The van der Waals surface area contributed by atoms with E-state index in [2.05, 4.69) is 20.8 Å². The van der Waals surface area contributed by atoms with Crippen molar-refractivity contribution < 1.29 is 19.7 Å². The Morgan fingerprint density at radius 3 is 2.18 bits per heavy atom. The number of allylic oxidation sites excluding steroid dienone is 1. The van der Waals surface area contributed by atoms with Crippen molar-refractivity contribution in [2.45, 2.75) is 40.0 Å². The molecule has 0 amide bonds. The van der Waals surface area contributed by atoms with Crippen LogP contribution in [0.1, 0.15) is 51.2 Å². The summed E-state index contributed by atoms with van der Waals surface area (Å²) in [6, 6.07) is 15.0. The van der Waals surface area contributed by atoms with Crippen LogP contribution < -0.4 is 4.74 Å². The molecular formula is C24H28O4. The Hall–Kier alpha value is -2.75. The van der Waals surface area contributed by atoms with Gasteiger partial charge in [0.25, 0.3) is 0 Å².